The molecular formula is C20H19N7O2. The molecule has 2 aromatic carbocycles. The molecule has 0 bridgehead atoms. The van der Waals surface area contributed by atoms with Crippen LogP contribution in [0.2, 0.25) is 0 Å². The van der Waals surface area contributed by atoms with Crippen LogP contribution in [0.3, 0.4) is 0 Å². The third-order valence-corrected chi connectivity index (χ3v) is 4.75. The summed E-state index contributed by atoms with van der Waals surface area (Å²) in [4.78, 5) is 11.5. The quantitative estimate of drug-likeness (QED) is 0.488. The minimum absolute atomic E-state index is 0.195. The SMILES string of the molecule is Oc1cccc(-c2cc(Nc3ccc4nn[nH]c4c3)nc(N3CCOCC3)n2)c1. The Labute approximate surface area is 166 Å². The van der Waals surface area contributed by atoms with Crippen LogP contribution in [-0.2, 0) is 4.74 Å². The average Bonchev–Trinajstić information content (AvgIpc) is 3.22. The van der Waals surface area contributed by atoms with Crippen molar-refractivity contribution in [1.82, 2.24) is 25.4 Å². The van der Waals surface area contributed by atoms with Crippen LogP contribution in [0, 0.1) is 0 Å². The Morgan fingerprint density at radius 2 is 1.93 bits per heavy atom. The number of hydrogen-bond acceptors (Lipinski definition) is 8. The van der Waals surface area contributed by atoms with E-state index in [1.54, 1.807) is 18.2 Å². The standard InChI is InChI=1S/C20H19N7O2/c28-15-3-1-2-13(10-15)17-12-19(23-20(22-17)27-6-8-29-9-7-27)21-14-4-5-16-18(11-14)25-26-24-16/h1-5,10-12,28H,6-9H2,(H,21,22,23)(H,24,25,26). The summed E-state index contributed by atoms with van der Waals surface area (Å²) in [7, 11) is 0. The number of fused-ring (bicyclic) bond motifs is 1. The Kier molecular flexibility index (Phi) is 4.41. The van der Waals surface area contributed by atoms with Gasteiger partial charge in [-0.3, -0.25) is 5.10 Å². The third-order valence-electron chi connectivity index (χ3n) is 4.75. The summed E-state index contributed by atoms with van der Waals surface area (Å²) in [5, 5.41) is 23.9. The summed E-state index contributed by atoms with van der Waals surface area (Å²) in [5.74, 6) is 1.48. The summed E-state index contributed by atoms with van der Waals surface area (Å²) in [6, 6.07) is 14.7. The van der Waals surface area contributed by atoms with Gasteiger partial charge in [0.15, 0.2) is 0 Å². The highest BCUT2D eigenvalue weighted by molar-refractivity contribution is 5.79. The van der Waals surface area contributed by atoms with Crippen molar-refractivity contribution in [3.05, 3.63) is 48.5 Å². The van der Waals surface area contributed by atoms with Crippen molar-refractivity contribution in [2.45, 2.75) is 0 Å². The topological polar surface area (TPSA) is 112 Å². The van der Waals surface area contributed by atoms with Gasteiger partial charge in [-0.05, 0) is 30.3 Å². The van der Waals surface area contributed by atoms with Gasteiger partial charge in [-0.25, -0.2) is 4.98 Å². The fourth-order valence-electron chi connectivity index (χ4n) is 3.29. The highest BCUT2D eigenvalue weighted by atomic mass is 16.5. The number of rotatable bonds is 4. The number of phenols is 1. The van der Waals surface area contributed by atoms with Crippen molar-refractivity contribution < 1.29 is 9.84 Å². The van der Waals surface area contributed by atoms with Gasteiger partial charge in [-0.15, -0.1) is 5.10 Å². The van der Waals surface area contributed by atoms with E-state index in [0.29, 0.717) is 25.0 Å². The van der Waals surface area contributed by atoms with Crippen molar-refractivity contribution in [2.75, 3.05) is 36.5 Å². The molecular weight excluding hydrogens is 370 g/mol. The molecule has 29 heavy (non-hydrogen) atoms. The third kappa shape index (κ3) is 3.67. The molecule has 0 atom stereocenters. The number of nitrogens with one attached hydrogen (secondary N) is 2. The zero-order chi connectivity index (χ0) is 19.6. The van der Waals surface area contributed by atoms with E-state index in [1.807, 2.05) is 30.3 Å². The second kappa shape index (κ2) is 7.36. The molecule has 1 aliphatic heterocycles. The van der Waals surface area contributed by atoms with E-state index in [1.165, 1.54) is 0 Å². The molecule has 9 heteroatoms. The number of hydrogen-bond donors (Lipinski definition) is 3. The lowest BCUT2D eigenvalue weighted by Gasteiger charge is -2.27. The minimum Gasteiger partial charge on any atom is -0.508 e. The van der Waals surface area contributed by atoms with Crippen molar-refractivity contribution in [3.63, 3.8) is 0 Å². The molecule has 9 nitrogen and oxygen atoms in total. The Bertz CT molecular complexity index is 1150. The second-order valence-corrected chi connectivity index (χ2v) is 6.76. The summed E-state index contributed by atoms with van der Waals surface area (Å²) in [6.45, 7) is 2.75. The summed E-state index contributed by atoms with van der Waals surface area (Å²) in [6.07, 6.45) is 0. The molecule has 1 fully saturated rings. The molecule has 0 aliphatic carbocycles. The van der Waals surface area contributed by atoms with E-state index in [0.717, 1.165) is 41.1 Å². The van der Waals surface area contributed by atoms with Gasteiger partial charge in [0, 0.05) is 30.4 Å². The van der Waals surface area contributed by atoms with Gasteiger partial charge in [0.1, 0.15) is 17.1 Å². The van der Waals surface area contributed by atoms with E-state index in [-0.39, 0.29) is 5.75 Å². The molecule has 3 heterocycles. The molecule has 2 aromatic heterocycles. The van der Waals surface area contributed by atoms with Crippen LogP contribution in [0.25, 0.3) is 22.3 Å². The van der Waals surface area contributed by atoms with Crippen molar-refractivity contribution in [2.24, 2.45) is 0 Å². The highest BCUT2D eigenvalue weighted by Gasteiger charge is 2.17. The molecule has 146 valence electrons. The molecule has 1 saturated heterocycles. The van der Waals surface area contributed by atoms with Gasteiger partial charge in [0.05, 0.1) is 24.4 Å². The number of phenolic OH excluding ortho intramolecular Hbond substituents is 1. The number of anilines is 3. The first-order chi connectivity index (χ1) is 14.2. The Hall–Kier alpha value is -3.72. The van der Waals surface area contributed by atoms with Crippen LogP contribution in [-0.4, -0.2) is 56.8 Å². The fourth-order valence-corrected chi connectivity index (χ4v) is 3.29. The molecule has 0 unspecified atom stereocenters. The number of nitrogens with zero attached hydrogens (tertiary/aromatic N) is 5. The predicted octanol–water partition coefficient (Wildman–Crippen LogP) is 2.70. The molecule has 3 N–H and O–H groups in total. The number of H-pyrrole nitrogens is 1. The maximum atomic E-state index is 9.88. The normalized spacial score (nSPS) is 14.3. The summed E-state index contributed by atoms with van der Waals surface area (Å²) < 4.78 is 5.45. The molecule has 0 radical (unpaired) electrons. The van der Waals surface area contributed by atoms with Crippen LogP contribution in [0.1, 0.15) is 0 Å². The maximum absolute atomic E-state index is 9.88. The smallest absolute Gasteiger partial charge is 0.228 e. The van der Waals surface area contributed by atoms with Gasteiger partial charge < -0.3 is 20.1 Å². The number of aromatic nitrogens is 5. The van der Waals surface area contributed by atoms with E-state index in [4.69, 9.17) is 14.7 Å². The van der Waals surface area contributed by atoms with E-state index in [2.05, 4.69) is 25.6 Å². The van der Waals surface area contributed by atoms with Crippen LogP contribution >= 0.6 is 0 Å². The maximum Gasteiger partial charge on any atom is 0.228 e. The van der Waals surface area contributed by atoms with Crippen molar-refractivity contribution in [3.8, 4) is 17.0 Å². The highest BCUT2D eigenvalue weighted by Crippen LogP contribution is 2.28. The molecule has 0 spiro atoms. The number of aromatic amines is 1. The van der Waals surface area contributed by atoms with E-state index in [9.17, 15) is 5.11 Å². The van der Waals surface area contributed by atoms with Crippen LogP contribution in [0.5, 0.6) is 5.75 Å². The Morgan fingerprint density at radius 1 is 1.03 bits per heavy atom. The van der Waals surface area contributed by atoms with Gasteiger partial charge in [0.25, 0.3) is 0 Å². The van der Waals surface area contributed by atoms with Crippen molar-refractivity contribution >= 4 is 28.5 Å². The number of ether oxygens (including phenoxy) is 1. The number of aromatic hydroxyl groups is 1. The Balaban J connectivity index is 1.54. The Morgan fingerprint density at radius 3 is 2.79 bits per heavy atom. The molecule has 5 rings (SSSR count). The number of morpholine rings is 1. The lowest BCUT2D eigenvalue weighted by molar-refractivity contribution is 0.122. The van der Waals surface area contributed by atoms with E-state index < -0.39 is 0 Å². The van der Waals surface area contributed by atoms with Gasteiger partial charge in [-0.2, -0.15) is 4.98 Å². The monoisotopic (exact) mass is 389 g/mol. The predicted molar refractivity (Wildman–Crippen MR) is 109 cm³/mol. The summed E-state index contributed by atoms with van der Waals surface area (Å²) >= 11 is 0. The second-order valence-electron chi connectivity index (χ2n) is 6.76. The van der Waals surface area contributed by atoms with Gasteiger partial charge in [0.2, 0.25) is 5.95 Å². The first-order valence-corrected chi connectivity index (χ1v) is 9.34. The van der Waals surface area contributed by atoms with Crippen LogP contribution in [0.15, 0.2) is 48.5 Å². The first kappa shape index (κ1) is 17.4. The molecule has 1 aliphatic rings. The largest absolute Gasteiger partial charge is 0.508 e. The molecule has 0 saturated carbocycles. The lowest BCUT2D eigenvalue weighted by Crippen LogP contribution is -2.37. The molecule has 4 aromatic rings. The zero-order valence-corrected chi connectivity index (χ0v) is 15.5. The number of benzene rings is 2. The van der Waals surface area contributed by atoms with Crippen molar-refractivity contribution in [1.29, 1.82) is 0 Å². The summed E-state index contributed by atoms with van der Waals surface area (Å²) in [5.41, 5.74) is 4.04. The fraction of sp³-hybridized carbons (Fsp3) is 0.200. The first-order valence-electron chi connectivity index (χ1n) is 9.34. The lowest BCUT2D eigenvalue weighted by atomic mass is 10.1. The van der Waals surface area contributed by atoms with E-state index >= 15 is 0 Å². The van der Waals surface area contributed by atoms with Gasteiger partial charge in [-0.1, -0.05) is 17.3 Å². The van der Waals surface area contributed by atoms with Crippen LogP contribution < -0.4 is 10.2 Å². The average molecular weight is 389 g/mol. The minimum atomic E-state index is 0.195. The van der Waals surface area contributed by atoms with Crippen LogP contribution in [0.4, 0.5) is 17.5 Å². The van der Waals surface area contributed by atoms with Gasteiger partial charge >= 0.3 is 0 Å². The zero-order valence-electron chi connectivity index (χ0n) is 15.5. The molecule has 0 amide bonds.